The molecule has 8 rings (SSSR count). The highest BCUT2D eigenvalue weighted by molar-refractivity contribution is 6.31. The lowest BCUT2D eigenvalue weighted by Crippen LogP contribution is -2.65. The van der Waals surface area contributed by atoms with E-state index >= 15 is 38.4 Å². The van der Waals surface area contributed by atoms with E-state index in [4.69, 9.17) is 16.3 Å². The van der Waals surface area contributed by atoms with Crippen LogP contribution in [0.25, 0.3) is 0 Å². The van der Waals surface area contributed by atoms with Crippen LogP contribution in [0.2, 0.25) is 5.02 Å². The molecule has 4 heterocycles. The van der Waals surface area contributed by atoms with E-state index in [1.807, 2.05) is 20.8 Å². The van der Waals surface area contributed by atoms with Crippen LogP contribution in [0.15, 0.2) is 48.5 Å². The smallest absolute Gasteiger partial charge is 0.378 e. The average molecular weight is 1460 g/mol. The van der Waals surface area contributed by atoms with E-state index < -0.39 is 173 Å². The van der Waals surface area contributed by atoms with Crippen molar-refractivity contribution in [1.82, 2.24) is 60.0 Å². The van der Waals surface area contributed by atoms with E-state index in [0.29, 0.717) is 56.9 Å². The molecule has 25 nitrogen and oxygen atoms in total. The van der Waals surface area contributed by atoms with Gasteiger partial charge in [-0.3, -0.25) is 57.5 Å². The summed E-state index contributed by atoms with van der Waals surface area (Å²) < 4.78 is 47.4. The molecule has 2 saturated carbocycles. The Morgan fingerprint density at radius 1 is 0.631 bits per heavy atom. The van der Waals surface area contributed by atoms with Gasteiger partial charge in [0.1, 0.15) is 53.9 Å². The number of hydrogen-bond acceptors (Lipinski definition) is 13. The Bertz CT molecular complexity index is 3400. The Labute approximate surface area is 607 Å². The van der Waals surface area contributed by atoms with Crippen LogP contribution in [-0.4, -0.2) is 264 Å². The Morgan fingerprint density at radius 2 is 1.26 bits per heavy atom. The largest absolute Gasteiger partial charge is 0.417 e. The number of carbonyl (C=O) groups excluding carboxylic acids is 12. The lowest BCUT2D eigenvalue weighted by molar-refractivity contribution is -0.157. The lowest BCUT2D eigenvalue weighted by atomic mass is 9.90. The van der Waals surface area contributed by atoms with Crippen LogP contribution in [0.1, 0.15) is 154 Å². The summed E-state index contributed by atoms with van der Waals surface area (Å²) in [5, 5.41) is 8.17. The number of carbonyl (C=O) groups is 12. The average Bonchev–Trinajstić information content (AvgIpc) is 1.73. The summed E-state index contributed by atoms with van der Waals surface area (Å²) >= 11 is 6.18. The normalized spacial score (nSPS) is 26.6. The number of halogens is 4. The first-order valence-corrected chi connectivity index (χ1v) is 37.0. The number of hydrogen-bond donors (Lipinski definition) is 3. The third-order valence-corrected chi connectivity index (χ3v) is 22.3. The van der Waals surface area contributed by atoms with Crippen molar-refractivity contribution in [2.24, 2.45) is 17.8 Å². The van der Waals surface area contributed by atoms with Crippen LogP contribution in [0.5, 0.6) is 0 Å². The van der Waals surface area contributed by atoms with E-state index in [-0.39, 0.29) is 102 Å². The third kappa shape index (κ3) is 19.6. The van der Waals surface area contributed by atoms with Crippen molar-refractivity contribution in [1.29, 1.82) is 0 Å². The molecule has 2 bridgehead atoms. The van der Waals surface area contributed by atoms with Gasteiger partial charge >= 0.3 is 6.18 Å². The second-order valence-corrected chi connectivity index (χ2v) is 30.0. The summed E-state index contributed by atoms with van der Waals surface area (Å²) in [6, 6.07) is 1.92. The highest BCUT2D eigenvalue weighted by Crippen LogP contribution is 2.39. The maximum absolute atomic E-state index is 15.7. The fraction of sp³-hybridized carbons (Fsp3) is 0.676. The van der Waals surface area contributed by atoms with Gasteiger partial charge in [0.2, 0.25) is 70.9 Å². The number of nitrogens with zero attached hydrogens (tertiary/aromatic N) is 9. The molecule has 12 amide bonds. The molecule has 1 spiro atoms. The van der Waals surface area contributed by atoms with E-state index in [1.165, 1.54) is 87.6 Å². The summed E-state index contributed by atoms with van der Waals surface area (Å²) in [7, 11) is 8.56. The van der Waals surface area contributed by atoms with Crippen molar-refractivity contribution in [2.75, 3.05) is 94.8 Å². The number of ether oxygens (including phenoxy) is 1. The first-order valence-electron chi connectivity index (χ1n) is 36.6. The first-order chi connectivity index (χ1) is 48.8. The van der Waals surface area contributed by atoms with Crippen LogP contribution >= 0.6 is 11.6 Å². The Balaban J connectivity index is 1.19. The minimum atomic E-state index is -4.77. The number of nitrogens with one attached hydrogen (secondary N) is 3. The molecule has 3 N–H and O–H groups in total. The quantitative estimate of drug-likeness (QED) is 0.265. The number of alkyl halides is 3. The Hall–Kier alpha value is -7.88. The van der Waals surface area contributed by atoms with Crippen molar-refractivity contribution in [2.45, 2.75) is 210 Å². The standard InChI is InChI=1S/C74H106ClF3N12O13/c1-11-47(4)62-70(100)83(6)45-61(93)84(7)55-26-17-20-34-90(69(55)99)58(42-48-22-13-12-14-23-48)67(97)82(5)44-59(91)79-53(31-29-49-28-30-51(52(75)41-49)74(76,77)78)66(96)89-35-21-27-54(89)65(95)81-73(32-18-19-33-73)72(102)87(10)63(50-24-15-16-25-50)71(101)86(9)57(68(98)88-36-38-103-39-37-88)43-60(92)85(8)56(40-46(2)3)64(94)80-62/h12-14,22-23,28,30,41,46-47,50,53-58,62-63H,11,15-21,24-27,29,31-40,42-45H2,1-10H3,(H,79,91)(H,80,94)(H,81,95)/t47-,53+,54-,55-,56-,57-,58-,62-,63-/m0/s1. The zero-order valence-electron chi connectivity index (χ0n) is 61.4. The van der Waals surface area contributed by atoms with Crippen molar-refractivity contribution in [3.8, 4) is 0 Å². The molecule has 0 aromatic heterocycles. The molecule has 0 radical (unpaired) electrons. The Kier molecular flexibility index (Phi) is 28.0. The minimum Gasteiger partial charge on any atom is -0.378 e. The van der Waals surface area contributed by atoms with Crippen molar-refractivity contribution in [3.63, 3.8) is 0 Å². The molecule has 6 fully saturated rings. The molecule has 6 aliphatic rings. The van der Waals surface area contributed by atoms with Crippen LogP contribution in [0.3, 0.4) is 0 Å². The number of aryl methyl sites for hydroxylation is 1. The van der Waals surface area contributed by atoms with Gasteiger partial charge in [-0.05, 0) is 118 Å². The van der Waals surface area contributed by atoms with Gasteiger partial charge in [-0.1, -0.05) is 108 Å². The summed E-state index contributed by atoms with van der Waals surface area (Å²) in [4.78, 5) is 193. The maximum atomic E-state index is 15.7. The monoisotopic (exact) mass is 1460 g/mol. The highest BCUT2D eigenvalue weighted by atomic mass is 35.5. The molecule has 4 aliphatic heterocycles. The van der Waals surface area contributed by atoms with Gasteiger partial charge in [-0.25, -0.2) is 0 Å². The van der Waals surface area contributed by atoms with E-state index in [9.17, 15) is 32.3 Å². The van der Waals surface area contributed by atoms with Crippen LogP contribution < -0.4 is 16.0 Å². The molecular formula is C74H106ClF3N12O13. The van der Waals surface area contributed by atoms with E-state index in [1.54, 1.807) is 37.3 Å². The van der Waals surface area contributed by atoms with Gasteiger partial charge in [-0.15, -0.1) is 0 Å². The molecule has 29 heteroatoms. The Morgan fingerprint density at radius 3 is 1.89 bits per heavy atom. The lowest BCUT2D eigenvalue weighted by Gasteiger charge is -2.42. The van der Waals surface area contributed by atoms with E-state index in [2.05, 4.69) is 16.0 Å². The fourth-order valence-electron chi connectivity index (χ4n) is 15.6. The summed E-state index contributed by atoms with van der Waals surface area (Å²) in [6.07, 6.45) is 0.147. The summed E-state index contributed by atoms with van der Waals surface area (Å²) in [5.41, 5.74) is -1.71. The number of amides is 12. The van der Waals surface area contributed by atoms with Crippen molar-refractivity contribution >= 4 is 82.5 Å². The van der Waals surface area contributed by atoms with Crippen molar-refractivity contribution < 1.29 is 75.4 Å². The summed E-state index contributed by atoms with van der Waals surface area (Å²) in [6.45, 7) is 6.90. The number of benzene rings is 2. The van der Waals surface area contributed by atoms with Crippen LogP contribution in [0.4, 0.5) is 13.2 Å². The van der Waals surface area contributed by atoms with Crippen LogP contribution in [-0.2, 0) is 81.3 Å². The maximum Gasteiger partial charge on any atom is 0.417 e. The molecular weight excluding hydrogens is 1360 g/mol. The zero-order chi connectivity index (χ0) is 75.4. The molecule has 2 aliphatic carbocycles. The van der Waals surface area contributed by atoms with Gasteiger partial charge in [0.15, 0.2) is 0 Å². The highest BCUT2D eigenvalue weighted by Gasteiger charge is 2.52. The van der Waals surface area contributed by atoms with Crippen LogP contribution in [0, 0.1) is 17.8 Å². The predicted octanol–water partition coefficient (Wildman–Crippen LogP) is 5.07. The molecule has 103 heavy (non-hydrogen) atoms. The zero-order valence-corrected chi connectivity index (χ0v) is 62.2. The van der Waals surface area contributed by atoms with Gasteiger partial charge in [0.25, 0.3) is 0 Å². The van der Waals surface area contributed by atoms with Gasteiger partial charge in [-0.2, -0.15) is 13.2 Å². The van der Waals surface area contributed by atoms with E-state index in [0.717, 1.165) is 29.9 Å². The SMILES string of the molecule is CC[C@H](C)[C@@H]1NC(=O)[C@H](CC(C)C)N(C)C(=O)C[C@@H](C(=O)N2CCOCC2)N(C)C(=O)[C@H](C2CCCC2)N(C)C(=O)C2(CCCC2)NC(=O)[C@@H]2CCCN2C(=O)[C@@H](CCc2ccc(C(F)(F)F)c(Cl)c2)NC(=O)CN(C)C(=O)[C@H](Cc2ccccc2)N2CCCC[C@@H](C2=O)N(C)C(=O)CN(C)C1=O. The molecule has 0 unspecified atom stereocenters. The summed E-state index contributed by atoms with van der Waals surface area (Å²) in [5.74, 6) is -9.00. The topological polar surface area (TPSA) is 279 Å². The predicted molar refractivity (Wildman–Crippen MR) is 377 cm³/mol. The fourth-order valence-corrected chi connectivity index (χ4v) is 16.0. The van der Waals surface area contributed by atoms with Gasteiger partial charge in [0, 0.05) is 74.9 Å². The second-order valence-electron chi connectivity index (χ2n) is 29.6. The van der Waals surface area contributed by atoms with Gasteiger partial charge in [0.05, 0.1) is 43.3 Å². The molecule has 4 saturated heterocycles. The molecule has 2 aromatic carbocycles. The molecule has 568 valence electrons. The number of morpholine rings is 1. The molecule has 9 atom stereocenters. The third-order valence-electron chi connectivity index (χ3n) is 22.0. The second kappa shape index (κ2) is 35.7. The number of likely N-dealkylation sites (N-methyl/N-ethyl adjacent to an activating group) is 6. The first kappa shape index (κ1) is 80.8. The minimum absolute atomic E-state index is 0.0201. The van der Waals surface area contributed by atoms with Gasteiger partial charge < -0.3 is 64.8 Å². The van der Waals surface area contributed by atoms with Crippen molar-refractivity contribution in [3.05, 3.63) is 70.2 Å². The number of rotatable bonds is 11. The number of fused-ring (bicyclic) bond motifs is 3. The molecule has 2 aromatic rings.